The third-order valence-electron chi connectivity index (χ3n) is 2.12. The molecule has 96 valence electrons. The molecule has 3 nitrogen and oxygen atoms in total. The number of halogens is 1. The molecule has 17 heavy (non-hydrogen) atoms. The molecule has 0 amide bonds. The molecule has 0 saturated carbocycles. The Morgan fingerprint density at radius 1 is 1.29 bits per heavy atom. The van der Waals surface area contributed by atoms with Crippen LogP contribution in [-0.4, -0.2) is 24.9 Å². The highest BCUT2D eigenvalue weighted by molar-refractivity contribution is 5.28. The average molecular weight is 242 g/mol. The molecule has 0 saturated heterocycles. The van der Waals surface area contributed by atoms with Crippen molar-refractivity contribution in [2.45, 2.75) is 20.5 Å². The lowest BCUT2D eigenvalue weighted by Gasteiger charge is -2.09. The minimum Gasteiger partial charge on any atom is -0.488 e. The second-order valence-corrected chi connectivity index (χ2v) is 4.24. The molecule has 0 aromatic heterocycles. The Bertz CT molecular complexity index is 339. The van der Waals surface area contributed by atoms with Crippen LogP contribution in [0.5, 0.6) is 5.75 Å². The van der Waals surface area contributed by atoms with Gasteiger partial charge in [0.1, 0.15) is 6.61 Å². The second-order valence-electron chi connectivity index (χ2n) is 4.24. The standard InChI is InChI=1S/C13H19FO3/c1-10(2)9-16-5-6-17-13-4-3-11(8-15)7-12(13)14/h3-4,7,10,15H,5-6,8-9H2,1-2H3. The van der Waals surface area contributed by atoms with E-state index >= 15 is 0 Å². The van der Waals surface area contributed by atoms with Gasteiger partial charge >= 0.3 is 0 Å². The predicted octanol–water partition coefficient (Wildman–Crippen LogP) is 2.37. The lowest BCUT2D eigenvalue weighted by Crippen LogP contribution is -2.10. The van der Waals surface area contributed by atoms with Gasteiger partial charge in [-0.05, 0) is 23.6 Å². The summed E-state index contributed by atoms with van der Waals surface area (Å²) in [6.07, 6.45) is 0. The predicted molar refractivity (Wildman–Crippen MR) is 63.5 cm³/mol. The van der Waals surface area contributed by atoms with Crippen LogP contribution in [0, 0.1) is 11.7 Å². The highest BCUT2D eigenvalue weighted by Gasteiger charge is 2.04. The number of aliphatic hydroxyl groups is 1. The fourth-order valence-electron chi connectivity index (χ4n) is 1.29. The molecule has 0 spiro atoms. The van der Waals surface area contributed by atoms with Gasteiger partial charge < -0.3 is 14.6 Å². The van der Waals surface area contributed by atoms with Crippen LogP contribution in [0.3, 0.4) is 0 Å². The van der Waals surface area contributed by atoms with Crippen molar-refractivity contribution >= 4 is 0 Å². The smallest absolute Gasteiger partial charge is 0.165 e. The third kappa shape index (κ3) is 5.15. The summed E-state index contributed by atoms with van der Waals surface area (Å²) < 4.78 is 23.9. The van der Waals surface area contributed by atoms with Crippen LogP contribution in [0.1, 0.15) is 19.4 Å². The van der Waals surface area contributed by atoms with Gasteiger partial charge in [0.2, 0.25) is 0 Å². The zero-order chi connectivity index (χ0) is 12.7. The number of benzene rings is 1. The Labute approximate surface area is 101 Å². The van der Waals surface area contributed by atoms with Crippen molar-refractivity contribution in [3.05, 3.63) is 29.6 Å². The van der Waals surface area contributed by atoms with Crippen molar-refractivity contribution in [1.82, 2.24) is 0 Å². The molecule has 0 unspecified atom stereocenters. The van der Waals surface area contributed by atoms with Crippen LogP contribution in [0.4, 0.5) is 4.39 Å². The van der Waals surface area contributed by atoms with E-state index in [4.69, 9.17) is 14.6 Å². The van der Waals surface area contributed by atoms with Crippen molar-refractivity contribution in [1.29, 1.82) is 0 Å². The Balaban J connectivity index is 2.32. The van der Waals surface area contributed by atoms with Gasteiger partial charge in [-0.1, -0.05) is 19.9 Å². The molecule has 0 heterocycles. The maximum atomic E-state index is 13.4. The molecular formula is C13H19FO3. The first-order valence-electron chi connectivity index (χ1n) is 5.73. The molecule has 0 aliphatic rings. The Hall–Kier alpha value is -1.13. The summed E-state index contributed by atoms with van der Waals surface area (Å²) in [5, 5.41) is 8.82. The molecular weight excluding hydrogens is 223 g/mol. The van der Waals surface area contributed by atoms with Crippen LogP contribution in [-0.2, 0) is 11.3 Å². The highest BCUT2D eigenvalue weighted by atomic mass is 19.1. The lowest BCUT2D eigenvalue weighted by atomic mass is 10.2. The van der Waals surface area contributed by atoms with Crippen molar-refractivity contribution in [2.75, 3.05) is 19.8 Å². The maximum absolute atomic E-state index is 13.4. The van der Waals surface area contributed by atoms with Crippen LogP contribution in [0.25, 0.3) is 0 Å². The Kier molecular flexibility index (Phi) is 5.94. The molecule has 4 heteroatoms. The van der Waals surface area contributed by atoms with E-state index in [1.807, 2.05) is 0 Å². The van der Waals surface area contributed by atoms with Gasteiger partial charge in [-0.3, -0.25) is 0 Å². The van der Waals surface area contributed by atoms with Crippen molar-refractivity contribution in [2.24, 2.45) is 5.92 Å². The van der Waals surface area contributed by atoms with E-state index in [0.717, 1.165) is 0 Å². The molecule has 0 bridgehead atoms. The number of ether oxygens (including phenoxy) is 2. The van der Waals surface area contributed by atoms with Crippen molar-refractivity contribution in [3.8, 4) is 5.75 Å². The van der Waals surface area contributed by atoms with E-state index in [1.54, 1.807) is 6.07 Å². The quantitative estimate of drug-likeness (QED) is 0.746. The average Bonchev–Trinajstić information content (AvgIpc) is 2.30. The van der Waals surface area contributed by atoms with Gasteiger partial charge in [0.15, 0.2) is 11.6 Å². The van der Waals surface area contributed by atoms with Gasteiger partial charge in [-0.2, -0.15) is 0 Å². The van der Waals surface area contributed by atoms with E-state index in [0.29, 0.717) is 31.3 Å². The van der Waals surface area contributed by atoms with Gasteiger partial charge in [0, 0.05) is 6.61 Å². The van der Waals surface area contributed by atoms with Gasteiger partial charge in [0.05, 0.1) is 13.2 Å². The molecule has 0 fully saturated rings. The minimum atomic E-state index is -0.458. The Morgan fingerprint density at radius 2 is 2.06 bits per heavy atom. The van der Waals surface area contributed by atoms with E-state index in [9.17, 15) is 4.39 Å². The lowest BCUT2D eigenvalue weighted by molar-refractivity contribution is 0.0807. The van der Waals surface area contributed by atoms with E-state index in [2.05, 4.69) is 13.8 Å². The summed E-state index contributed by atoms with van der Waals surface area (Å²) in [5.74, 6) is 0.214. The largest absolute Gasteiger partial charge is 0.488 e. The monoisotopic (exact) mass is 242 g/mol. The first-order chi connectivity index (χ1) is 8.13. The van der Waals surface area contributed by atoms with E-state index in [-0.39, 0.29) is 12.4 Å². The van der Waals surface area contributed by atoms with Crippen molar-refractivity contribution in [3.63, 3.8) is 0 Å². The summed E-state index contributed by atoms with van der Waals surface area (Å²) in [5.41, 5.74) is 0.533. The molecule has 1 aromatic rings. The zero-order valence-electron chi connectivity index (χ0n) is 10.3. The first-order valence-corrected chi connectivity index (χ1v) is 5.73. The molecule has 0 radical (unpaired) electrons. The number of hydrogen-bond acceptors (Lipinski definition) is 3. The third-order valence-corrected chi connectivity index (χ3v) is 2.12. The van der Waals surface area contributed by atoms with Crippen LogP contribution < -0.4 is 4.74 Å². The summed E-state index contributed by atoms with van der Waals surface area (Å²) in [6, 6.07) is 4.42. The summed E-state index contributed by atoms with van der Waals surface area (Å²) in [6.45, 7) is 5.40. The normalized spacial score (nSPS) is 10.9. The Morgan fingerprint density at radius 3 is 2.65 bits per heavy atom. The van der Waals surface area contributed by atoms with Crippen LogP contribution in [0.15, 0.2) is 18.2 Å². The fraction of sp³-hybridized carbons (Fsp3) is 0.538. The number of aliphatic hydroxyl groups excluding tert-OH is 1. The molecule has 0 aliphatic carbocycles. The van der Waals surface area contributed by atoms with E-state index in [1.165, 1.54) is 12.1 Å². The molecule has 0 atom stereocenters. The van der Waals surface area contributed by atoms with Crippen molar-refractivity contribution < 1.29 is 19.0 Å². The second kappa shape index (κ2) is 7.25. The minimum absolute atomic E-state index is 0.172. The topological polar surface area (TPSA) is 38.7 Å². The summed E-state index contributed by atoms with van der Waals surface area (Å²) in [7, 11) is 0. The number of rotatable bonds is 7. The van der Waals surface area contributed by atoms with Gasteiger partial charge in [-0.15, -0.1) is 0 Å². The fourth-order valence-corrected chi connectivity index (χ4v) is 1.29. The molecule has 1 aromatic carbocycles. The van der Waals surface area contributed by atoms with E-state index < -0.39 is 5.82 Å². The maximum Gasteiger partial charge on any atom is 0.165 e. The highest BCUT2D eigenvalue weighted by Crippen LogP contribution is 2.18. The number of hydrogen-bond donors (Lipinski definition) is 1. The van der Waals surface area contributed by atoms with Gasteiger partial charge in [-0.25, -0.2) is 4.39 Å². The zero-order valence-corrected chi connectivity index (χ0v) is 10.3. The van der Waals surface area contributed by atoms with Crippen LogP contribution in [0.2, 0.25) is 0 Å². The summed E-state index contributed by atoms with van der Waals surface area (Å²) in [4.78, 5) is 0. The SMILES string of the molecule is CC(C)COCCOc1ccc(CO)cc1F. The van der Waals surface area contributed by atoms with Crippen LogP contribution >= 0.6 is 0 Å². The summed E-state index contributed by atoms with van der Waals surface area (Å²) >= 11 is 0. The van der Waals surface area contributed by atoms with Gasteiger partial charge in [0.25, 0.3) is 0 Å². The molecule has 0 aliphatic heterocycles. The molecule has 1 rings (SSSR count). The molecule has 1 N–H and O–H groups in total. The first kappa shape index (κ1) is 13.9.